The molecule has 1 aliphatic heterocycles. The van der Waals surface area contributed by atoms with Crippen molar-refractivity contribution in [2.24, 2.45) is 4.99 Å². The molecular formula is C25H23N3O2S. The van der Waals surface area contributed by atoms with Crippen LogP contribution in [0.15, 0.2) is 89.9 Å². The van der Waals surface area contributed by atoms with Crippen LogP contribution in [0.25, 0.3) is 0 Å². The number of rotatable bonds is 5. The summed E-state index contributed by atoms with van der Waals surface area (Å²) in [6.45, 7) is 0.278. The summed E-state index contributed by atoms with van der Waals surface area (Å²) >= 11 is 5.67. The monoisotopic (exact) mass is 429 g/mol. The molecule has 6 heteroatoms. The Hall–Kier alpha value is -3.51. The van der Waals surface area contributed by atoms with Crippen LogP contribution >= 0.6 is 12.2 Å². The minimum absolute atomic E-state index is 0.278. The Morgan fingerprint density at radius 1 is 1.00 bits per heavy atom. The van der Waals surface area contributed by atoms with Gasteiger partial charge in [0, 0.05) is 24.6 Å². The third-order valence-corrected chi connectivity index (χ3v) is 5.61. The molecule has 0 radical (unpaired) electrons. The quantitative estimate of drug-likeness (QED) is 0.603. The molecular weight excluding hydrogens is 406 g/mol. The molecule has 0 aromatic heterocycles. The molecule has 0 unspecified atom stereocenters. The first-order valence-electron chi connectivity index (χ1n) is 10.1. The van der Waals surface area contributed by atoms with Gasteiger partial charge in [-0.15, -0.1) is 0 Å². The van der Waals surface area contributed by atoms with Crippen LogP contribution in [0.3, 0.4) is 0 Å². The SMILES string of the molecule is CN1C(=S)[C@H](NC(=O)OCCc2ccccc2)N=C(c2ccccc2)c2ccccc21. The van der Waals surface area contributed by atoms with Crippen molar-refractivity contribution in [1.82, 2.24) is 5.32 Å². The lowest BCUT2D eigenvalue weighted by Crippen LogP contribution is -2.45. The Labute approximate surface area is 187 Å². The van der Waals surface area contributed by atoms with E-state index in [1.54, 1.807) is 0 Å². The third-order valence-electron chi connectivity index (χ3n) is 5.11. The lowest BCUT2D eigenvalue weighted by atomic mass is 10.0. The summed E-state index contributed by atoms with van der Waals surface area (Å²) < 4.78 is 5.39. The molecule has 1 N–H and O–H groups in total. The average Bonchev–Trinajstić information content (AvgIpc) is 2.91. The zero-order chi connectivity index (χ0) is 21.6. The summed E-state index contributed by atoms with van der Waals surface area (Å²) in [5.41, 5.74) is 4.74. The number of carbonyl (C=O) groups is 1. The Bertz CT molecular complexity index is 1100. The van der Waals surface area contributed by atoms with E-state index in [0.29, 0.717) is 11.4 Å². The zero-order valence-electron chi connectivity index (χ0n) is 17.2. The van der Waals surface area contributed by atoms with E-state index in [1.807, 2.05) is 96.9 Å². The number of likely N-dealkylation sites (N-methyl/N-ethyl adjacent to an activating group) is 1. The van der Waals surface area contributed by atoms with Gasteiger partial charge in [-0.1, -0.05) is 91.1 Å². The second-order valence-electron chi connectivity index (χ2n) is 7.18. The van der Waals surface area contributed by atoms with Gasteiger partial charge in [-0.25, -0.2) is 4.79 Å². The van der Waals surface area contributed by atoms with Crippen LogP contribution in [0.2, 0.25) is 0 Å². The summed E-state index contributed by atoms with van der Waals surface area (Å²) in [5.74, 6) is 0. The van der Waals surface area contributed by atoms with Gasteiger partial charge in [0.1, 0.15) is 4.99 Å². The van der Waals surface area contributed by atoms with Gasteiger partial charge in [-0.2, -0.15) is 0 Å². The number of aliphatic imine (C=N–C) groups is 1. The summed E-state index contributed by atoms with van der Waals surface area (Å²) in [6.07, 6.45) is -0.613. The van der Waals surface area contributed by atoms with E-state index < -0.39 is 12.3 Å². The minimum Gasteiger partial charge on any atom is -0.449 e. The predicted octanol–water partition coefficient (Wildman–Crippen LogP) is 4.60. The third kappa shape index (κ3) is 4.81. The van der Waals surface area contributed by atoms with Crippen LogP contribution in [0, 0.1) is 0 Å². The largest absolute Gasteiger partial charge is 0.449 e. The van der Waals surface area contributed by atoms with Crippen LogP contribution in [-0.4, -0.2) is 36.6 Å². The molecule has 3 aromatic rings. The van der Waals surface area contributed by atoms with Crippen molar-refractivity contribution < 1.29 is 9.53 Å². The highest BCUT2D eigenvalue weighted by Gasteiger charge is 2.28. The van der Waals surface area contributed by atoms with E-state index in [0.717, 1.165) is 28.1 Å². The van der Waals surface area contributed by atoms with Gasteiger partial charge in [-0.05, 0) is 11.6 Å². The summed E-state index contributed by atoms with van der Waals surface area (Å²) in [4.78, 5) is 19.7. The maximum atomic E-state index is 12.5. The first-order chi connectivity index (χ1) is 15.1. The highest BCUT2D eigenvalue weighted by molar-refractivity contribution is 7.80. The molecule has 0 spiro atoms. The number of benzene rings is 3. The minimum atomic E-state index is -0.716. The molecule has 0 saturated heterocycles. The Morgan fingerprint density at radius 2 is 1.65 bits per heavy atom. The molecule has 0 aliphatic carbocycles. The highest BCUT2D eigenvalue weighted by atomic mass is 32.1. The number of ether oxygens (including phenoxy) is 1. The van der Waals surface area contributed by atoms with Crippen LogP contribution in [0.5, 0.6) is 0 Å². The molecule has 1 aliphatic rings. The summed E-state index contributed by atoms with van der Waals surface area (Å²) in [6, 6.07) is 27.7. The zero-order valence-corrected chi connectivity index (χ0v) is 18.0. The molecule has 0 bridgehead atoms. The topological polar surface area (TPSA) is 53.9 Å². The van der Waals surface area contributed by atoms with Crippen LogP contribution in [-0.2, 0) is 11.2 Å². The number of benzodiazepines with no additional fused rings is 1. The lowest BCUT2D eigenvalue weighted by molar-refractivity contribution is 0.146. The van der Waals surface area contributed by atoms with Gasteiger partial charge in [0.25, 0.3) is 0 Å². The number of alkyl carbamates (subject to hydrolysis) is 1. The Morgan fingerprint density at radius 3 is 2.39 bits per heavy atom. The van der Waals surface area contributed by atoms with E-state index in [1.165, 1.54) is 0 Å². The van der Waals surface area contributed by atoms with Gasteiger partial charge < -0.3 is 9.64 Å². The predicted molar refractivity (Wildman–Crippen MR) is 128 cm³/mol. The molecule has 0 saturated carbocycles. The van der Waals surface area contributed by atoms with Crippen molar-refractivity contribution >= 4 is 34.7 Å². The van der Waals surface area contributed by atoms with Crippen LogP contribution < -0.4 is 10.2 Å². The van der Waals surface area contributed by atoms with Crippen LogP contribution in [0.4, 0.5) is 10.5 Å². The fraction of sp³-hybridized carbons (Fsp3) is 0.160. The van der Waals surface area contributed by atoms with E-state index >= 15 is 0 Å². The number of thiocarbonyl (C=S) groups is 1. The number of nitrogens with zero attached hydrogens (tertiary/aromatic N) is 2. The summed E-state index contributed by atoms with van der Waals surface area (Å²) in [7, 11) is 1.89. The first-order valence-corrected chi connectivity index (χ1v) is 10.5. The average molecular weight is 430 g/mol. The molecule has 1 heterocycles. The number of para-hydroxylation sites is 1. The molecule has 1 amide bonds. The number of nitrogens with one attached hydrogen (secondary N) is 1. The standard InChI is InChI=1S/C25H23N3O2S/c1-28-21-15-9-8-14-20(21)22(19-12-6-3-7-13-19)26-23(24(28)31)27-25(29)30-17-16-18-10-4-2-5-11-18/h2-15,23H,16-17H2,1H3,(H,27,29)/t23-/m0/s1. The molecule has 156 valence electrons. The van der Waals surface area contributed by atoms with Gasteiger partial charge >= 0.3 is 6.09 Å². The number of carbonyl (C=O) groups excluding carboxylic acids is 1. The number of hydrogen-bond acceptors (Lipinski definition) is 4. The van der Waals surface area contributed by atoms with Crippen molar-refractivity contribution in [2.75, 3.05) is 18.6 Å². The maximum Gasteiger partial charge on any atom is 0.409 e. The number of hydrogen-bond donors (Lipinski definition) is 1. The van der Waals surface area contributed by atoms with E-state index in [-0.39, 0.29) is 6.61 Å². The van der Waals surface area contributed by atoms with Crippen LogP contribution in [0.1, 0.15) is 16.7 Å². The van der Waals surface area contributed by atoms with Gasteiger partial charge in [0.05, 0.1) is 18.0 Å². The van der Waals surface area contributed by atoms with Gasteiger partial charge in [0.2, 0.25) is 0 Å². The maximum absolute atomic E-state index is 12.5. The molecule has 5 nitrogen and oxygen atoms in total. The fourth-order valence-electron chi connectivity index (χ4n) is 3.50. The van der Waals surface area contributed by atoms with Crippen molar-refractivity contribution in [2.45, 2.75) is 12.6 Å². The normalized spacial score (nSPS) is 15.5. The number of amides is 1. The Kier molecular flexibility index (Phi) is 6.38. The van der Waals surface area contributed by atoms with E-state index in [4.69, 9.17) is 21.9 Å². The van der Waals surface area contributed by atoms with E-state index in [2.05, 4.69) is 5.32 Å². The summed E-state index contributed by atoms with van der Waals surface area (Å²) in [5, 5.41) is 2.83. The second-order valence-corrected chi connectivity index (χ2v) is 7.59. The second kappa shape index (κ2) is 9.53. The molecule has 31 heavy (non-hydrogen) atoms. The van der Waals surface area contributed by atoms with Crippen molar-refractivity contribution in [3.05, 3.63) is 102 Å². The number of fused-ring (bicyclic) bond motifs is 1. The van der Waals surface area contributed by atoms with Crippen molar-refractivity contribution in [1.29, 1.82) is 0 Å². The molecule has 3 aromatic carbocycles. The Balaban J connectivity index is 1.55. The molecule has 4 rings (SSSR count). The lowest BCUT2D eigenvalue weighted by Gasteiger charge is -2.23. The molecule has 1 atom stereocenters. The van der Waals surface area contributed by atoms with Crippen molar-refractivity contribution in [3.63, 3.8) is 0 Å². The van der Waals surface area contributed by atoms with Crippen molar-refractivity contribution in [3.8, 4) is 0 Å². The van der Waals surface area contributed by atoms with Gasteiger partial charge in [0.15, 0.2) is 6.17 Å². The first kappa shape index (κ1) is 20.8. The molecule has 0 fully saturated rings. The highest BCUT2D eigenvalue weighted by Crippen LogP contribution is 2.27. The fourth-order valence-corrected chi connectivity index (χ4v) is 3.71. The van der Waals surface area contributed by atoms with E-state index in [9.17, 15) is 4.79 Å². The van der Waals surface area contributed by atoms with Gasteiger partial charge in [-0.3, -0.25) is 10.3 Å². The smallest absolute Gasteiger partial charge is 0.409 e. The number of anilines is 1.